The number of carbonyl (C=O) groups is 2. The molecule has 1 aliphatic carbocycles. The van der Waals surface area contributed by atoms with Gasteiger partial charge in [-0.2, -0.15) is 5.10 Å². The Kier molecular flexibility index (Phi) is 5.64. The first-order valence-corrected chi connectivity index (χ1v) is 8.51. The van der Waals surface area contributed by atoms with Crippen LogP contribution in [0.3, 0.4) is 0 Å². The average molecular weight is 336 g/mol. The standard InChI is InChI=1S/C12H21N3.C5H7NO3/c1-9-8-15(3)14-10(9)11(13)12(2)6-4-5-7-12;7-4-2-1-3(6-4)5(8)9/h8,11H,4-7,13H2,1-3H3;3H,1-2H2,(H,6,7)(H,8,9)/t11-;3-/m00/s1. The van der Waals surface area contributed by atoms with E-state index >= 15 is 0 Å². The van der Waals surface area contributed by atoms with Gasteiger partial charge >= 0.3 is 5.97 Å². The molecule has 4 N–H and O–H groups in total. The van der Waals surface area contributed by atoms with Crippen molar-refractivity contribution in [1.29, 1.82) is 0 Å². The molecule has 2 fully saturated rings. The summed E-state index contributed by atoms with van der Waals surface area (Å²) in [6.45, 7) is 4.40. The molecule has 1 amide bonds. The first kappa shape index (κ1) is 18.4. The van der Waals surface area contributed by atoms with Gasteiger partial charge in [-0.15, -0.1) is 0 Å². The van der Waals surface area contributed by atoms with Crippen LogP contribution >= 0.6 is 0 Å². The molecule has 2 aliphatic rings. The fourth-order valence-corrected chi connectivity index (χ4v) is 3.55. The van der Waals surface area contributed by atoms with Crippen molar-refractivity contribution < 1.29 is 14.7 Å². The number of aryl methyl sites for hydroxylation is 2. The van der Waals surface area contributed by atoms with Crippen LogP contribution in [0, 0.1) is 12.3 Å². The van der Waals surface area contributed by atoms with Crippen molar-refractivity contribution in [1.82, 2.24) is 15.1 Å². The number of aliphatic carboxylic acids is 1. The van der Waals surface area contributed by atoms with Crippen molar-refractivity contribution in [3.8, 4) is 0 Å². The largest absolute Gasteiger partial charge is 0.480 e. The Morgan fingerprint density at radius 3 is 2.50 bits per heavy atom. The third-order valence-electron chi connectivity index (χ3n) is 5.13. The highest BCUT2D eigenvalue weighted by molar-refractivity contribution is 5.87. The van der Waals surface area contributed by atoms with Crippen molar-refractivity contribution in [2.45, 2.75) is 64.5 Å². The van der Waals surface area contributed by atoms with Crippen LogP contribution in [0.5, 0.6) is 0 Å². The molecule has 1 aliphatic heterocycles. The minimum Gasteiger partial charge on any atom is -0.480 e. The zero-order valence-corrected chi connectivity index (χ0v) is 14.7. The predicted molar refractivity (Wildman–Crippen MR) is 90.2 cm³/mol. The van der Waals surface area contributed by atoms with Crippen LogP contribution in [0.25, 0.3) is 0 Å². The molecular weight excluding hydrogens is 308 g/mol. The van der Waals surface area contributed by atoms with Gasteiger partial charge in [0.1, 0.15) is 6.04 Å². The van der Waals surface area contributed by atoms with E-state index in [-0.39, 0.29) is 17.4 Å². The summed E-state index contributed by atoms with van der Waals surface area (Å²) in [6, 6.07) is -0.543. The lowest BCUT2D eigenvalue weighted by molar-refractivity contribution is -0.140. The maximum Gasteiger partial charge on any atom is 0.326 e. The highest BCUT2D eigenvalue weighted by Gasteiger charge is 2.37. The zero-order chi connectivity index (χ0) is 17.9. The van der Waals surface area contributed by atoms with Gasteiger partial charge < -0.3 is 16.2 Å². The fraction of sp³-hybridized carbons (Fsp3) is 0.706. The first-order valence-electron chi connectivity index (χ1n) is 8.51. The van der Waals surface area contributed by atoms with E-state index < -0.39 is 12.0 Å². The van der Waals surface area contributed by atoms with E-state index in [2.05, 4.69) is 24.3 Å². The van der Waals surface area contributed by atoms with Gasteiger partial charge in [0.15, 0.2) is 0 Å². The first-order chi connectivity index (χ1) is 11.2. The van der Waals surface area contributed by atoms with Crippen LogP contribution in [0.15, 0.2) is 6.20 Å². The van der Waals surface area contributed by atoms with Gasteiger partial charge in [0.2, 0.25) is 5.91 Å². The fourth-order valence-electron chi connectivity index (χ4n) is 3.55. The van der Waals surface area contributed by atoms with E-state index in [9.17, 15) is 9.59 Å². The lowest BCUT2D eigenvalue weighted by Gasteiger charge is -2.30. The summed E-state index contributed by atoms with van der Waals surface area (Å²) >= 11 is 0. The topological polar surface area (TPSA) is 110 Å². The highest BCUT2D eigenvalue weighted by Crippen LogP contribution is 2.45. The van der Waals surface area contributed by atoms with Gasteiger partial charge in [0.05, 0.1) is 11.7 Å². The van der Waals surface area contributed by atoms with Gasteiger partial charge in [-0.1, -0.05) is 19.8 Å². The summed E-state index contributed by atoms with van der Waals surface area (Å²) in [5.41, 5.74) is 8.94. The van der Waals surface area contributed by atoms with Crippen molar-refractivity contribution in [3.05, 3.63) is 17.5 Å². The molecule has 0 bridgehead atoms. The number of nitrogens with one attached hydrogen (secondary N) is 1. The number of amides is 1. The molecule has 7 nitrogen and oxygen atoms in total. The second-order valence-corrected chi connectivity index (χ2v) is 7.21. The quantitative estimate of drug-likeness (QED) is 0.777. The number of rotatable bonds is 3. The van der Waals surface area contributed by atoms with Gasteiger partial charge in [0, 0.05) is 19.7 Å². The molecule has 0 spiro atoms. The maximum absolute atomic E-state index is 10.4. The van der Waals surface area contributed by atoms with E-state index in [1.807, 2.05) is 17.9 Å². The van der Waals surface area contributed by atoms with Gasteiger partial charge in [-0.3, -0.25) is 9.48 Å². The number of carboxylic acid groups (broad SMARTS) is 1. The molecule has 2 heterocycles. The molecule has 7 heteroatoms. The van der Waals surface area contributed by atoms with Crippen LogP contribution in [-0.4, -0.2) is 32.8 Å². The summed E-state index contributed by atoms with van der Waals surface area (Å²) < 4.78 is 1.86. The Balaban J connectivity index is 0.000000198. The summed E-state index contributed by atoms with van der Waals surface area (Å²) in [5.74, 6) is -1.11. The molecule has 24 heavy (non-hydrogen) atoms. The molecular formula is C17H28N4O3. The number of hydrogen-bond donors (Lipinski definition) is 3. The Morgan fingerprint density at radius 2 is 2.12 bits per heavy atom. The van der Waals surface area contributed by atoms with Crippen LogP contribution < -0.4 is 11.1 Å². The number of nitrogens with zero attached hydrogens (tertiary/aromatic N) is 2. The Hall–Kier alpha value is -1.89. The number of carboxylic acids is 1. The van der Waals surface area contributed by atoms with E-state index in [1.165, 1.54) is 31.2 Å². The molecule has 2 atom stereocenters. The SMILES string of the molecule is Cc1cn(C)nc1[C@H](N)C1(C)CCCC1.O=C1CC[C@@H](C(=O)O)N1. The summed E-state index contributed by atoms with van der Waals surface area (Å²) in [7, 11) is 1.96. The Bertz CT molecular complexity index is 605. The Labute approximate surface area is 142 Å². The summed E-state index contributed by atoms with van der Waals surface area (Å²) in [5, 5.41) is 15.1. The van der Waals surface area contributed by atoms with Gasteiger partial charge in [0.25, 0.3) is 0 Å². The highest BCUT2D eigenvalue weighted by atomic mass is 16.4. The van der Waals surface area contributed by atoms with Gasteiger partial charge in [-0.05, 0) is 37.2 Å². The van der Waals surface area contributed by atoms with Gasteiger partial charge in [-0.25, -0.2) is 4.79 Å². The minimum atomic E-state index is -0.944. The minimum absolute atomic E-state index is 0.0983. The molecule has 0 aromatic carbocycles. The van der Waals surface area contributed by atoms with Crippen molar-refractivity contribution in [3.63, 3.8) is 0 Å². The normalized spacial score (nSPS) is 23.3. The van der Waals surface area contributed by atoms with Crippen LogP contribution in [0.2, 0.25) is 0 Å². The molecule has 1 saturated heterocycles. The second-order valence-electron chi connectivity index (χ2n) is 7.21. The molecule has 1 saturated carbocycles. The zero-order valence-electron chi connectivity index (χ0n) is 14.7. The molecule has 134 valence electrons. The summed E-state index contributed by atoms with van der Waals surface area (Å²) in [4.78, 5) is 20.5. The lowest BCUT2D eigenvalue weighted by Crippen LogP contribution is -2.32. The van der Waals surface area contributed by atoms with Crippen LogP contribution in [-0.2, 0) is 16.6 Å². The van der Waals surface area contributed by atoms with E-state index in [0.717, 1.165) is 5.69 Å². The number of carbonyl (C=O) groups excluding carboxylic acids is 1. The number of aromatic nitrogens is 2. The van der Waals surface area contributed by atoms with Crippen molar-refractivity contribution in [2.75, 3.05) is 0 Å². The molecule has 1 aromatic rings. The number of nitrogens with two attached hydrogens (primary N) is 1. The summed E-state index contributed by atoms with van der Waals surface area (Å²) in [6.07, 6.45) is 7.93. The molecule has 0 unspecified atom stereocenters. The second kappa shape index (κ2) is 7.34. The van der Waals surface area contributed by atoms with Crippen LogP contribution in [0.1, 0.15) is 62.7 Å². The molecule has 0 radical (unpaired) electrons. The van der Waals surface area contributed by atoms with E-state index in [1.54, 1.807) is 0 Å². The van der Waals surface area contributed by atoms with Crippen molar-refractivity contribution in [2.24, 2.45) is 18.2 Å². The van der Waals surface area contributed by atoms with Crippen LogP contribution in [0.4, 0.5) is 0 Å². The van der Waals surface area contributed by atoms with E-state index in [4.69, 9.17) is 10.8 Å². The molecule has 1 aromatic heterocycles. The lowest BCUT2D eigenvalue weighted by atomic mass is 9.79. The predicted octanol–water partition coefficient (Wildman–Crippen LogP) is 1.66. The van der Waals surface area contributed by atoms with E-state index in [0.29, 0.717) is 12.8 Å². The third kappa shape index (κ3) is 4.14. The maximum atomic E-state index is 10.4. The number of hydrogen-bond acceptors (Lipinski definition) is 4. The average Bonchev–Trinajstić information content (AvgIpc) is 3.21. The third-order valence-corrected chi connectivity index (χ3v) is 5.13. The Morgan fingerprint density at radius 1 is 1.50 bits per heavy atom. The monoisotopic (exact) mass is 336 g/mol. The smallest absolute Gasteiger partial charge is 0.326 e. The van der Waals surface area contributed by atoms with Crippen molar-refractivity contribution >= 4 is 11.9 Å². The molecule has 3 rings (SSSR count).